The number of hydrogen-bond acceptors (Lipinski definition) is 4. The van der Waals surface area contributed by atoms with Crippen LogP contribution in [0.3, 0.4) is 0 Å². The first-order valence-electron chi connectivity index (χ1n) is 5.05. The fourth-order valence-electron chi connectivity index (χ4n) is 1.39. The quantitative estimate of drug-likeness (QED) is 0.597. The van der Waals surface area contributed by atoms with Crippen LogP contribution in [0.1, 0.15) is 6.42 Å². The van der Waals surface area contributed by atoms with Gasteiger partial charge in [-0.25, -0.2) is 0 Å². The molecule has 1 heterocycles. The Morgan fingerprint density at radius 3 is 2.69 bits per heavy atom. The van der Waals surface area contributed by atoms with Gasteiger partial charge in [0.05, 0.1) is 0 Å². The van der Waals surface area contributed by atoms with Crippen LogP contribution in [0.15, 0.2) is 0 Å². The Kier molecular flexibility index (Phi) is 6.62. The Balaban J connectivity index is 1.86. The molecule has 13 heavy (non-hydrogen) atoms. The van der Waals surface area contributed by atoms with Gasteiger partial charge in [-0.3, -0.25) is 0 Å². The molecule has 0 amide bonds. The number of aliphatic hydroxyl groups is 1. The monoisotopic (exact) mass is 204 g/mol. The van der Waals surface area contributed by atoms with Crippen molar-refractivity contribution in [3.05, 3.63) is 0 Å². The van der Waals surface area contributed by atoms with Crippen LogP contribution in [-0.4, -0.2) is 60.8 Å². The van der Waals surface area contributed by atoms with Gasteiger partial charge in [0.25, 0.3) is 0 Å². The minimum absolute atomic E-state index is 0.299. The Labute approximate surface area is 84.9 Å². The zero-order valence-corrected chi connectivity index (χ0v) is 8.98. The molecule has 4 heteroatoms. The molecular weight excluding hydrogens is 184 g/mol. The zero-order chi connectivity index (χ0) is 9.36. The fraction of sp³-hybridized carbons (Fsp3) is 1.00. The van der Waals surface area contributed by atoms with E-state index in [1.165, 1.54) is 24.6 Å². The predicted molar refractivity (Wildman–Crippen MR) is 58.3 cm³/mol. The summed E-state index contributed by atoms with van der Waals surface area (Å²) in [7, 11) is 0. The average Bonchev–Trinajstić information content (AvgIpc) is 2.19. The number of hydrogen-bond donors (Lipinski definition) is 2. The summed E-state index contributed by atoms with van der Waals surface area (Å²) in [5.74, 6) is 2.58. The summed E-state index contributed by atoms with van der Waals surface area (Å²) in [5.41, 5.74) is 0. The van der Waals surface area contributed by atoms with Gasteiger partial charge in [-0.15, -0.1) is 0 Å². The van der Waals surface area contributed by atoms with Crippen molar-refractivity contribution >= 4 is 11.8 Å². The van der Waals surface area contributed by atoms with Gasteiger partial charge < -0.3 is 15.3 Å². The summed E-state index contributed by atoms with van der Waals surface area (Å²) in [6.45, 7) is 5.95. The number of thioether (sulfide) groups is 1. The second-order valence-electron chi connectivity index (χ2n) is 3.28. The summed E-state index contributed by atoms with van der Waals surface area (Å²) >= 11 is 2.05. The maximum absolute atomic E-state index is 8.56. The molecule has 2 N–H and O–H groups in total. The second kappa shape index (κ2) is 7.62. The maximum Gasteiger partial charge on any atom is 0.0443 e. The Hall–Kier alpha value is 0.230. The fourth-order valence-corrected chi connectivity index (χ4v) is 2.37. The van der Waals surface area contributed by atoms with Crippen molar-refractivity contribution in [3.63, 3.8) is 0 Å². The number of nitrogens with zero attached hydrogens (tertiary/aromatic N) is 1. The van der Waals surface area contributed by atoms with E-state index >= 15 is 0 Å². The SMILES string of the molecule is OCCCNCCN1CCSCC1. The van der Waals surface area contributed by atoms with Crippen molar-refractivity contribution in [1.29, 1.82) is 0 Å². The summed E-state index contributed by atoms with van der Waals surface area (Å²) < 4.78 is 0. The van der Waals surface area contributed by atoms with Gasteiger partial charge in [0.1, 0.15) is 0 Å². The van der Waals surface area contributed by atoms with Crippen LogP contribution in [0.25, 0.3) is 0 Å². The van der Waals surface area contributed by atoms with Crippen molar-refractivity contribution in [3.8, 4) is 0 Å². The summed E-state index contributed by atoms with van der Waals surface area (Å²) in [6, 6.07) is 0. The lowest BCUT2D eigenvalue weighted by Crippen LogP contribution is -2.38. The van der Waals surface area contributed by atoms with Crippen molar-refractivity contribution in [2.75, 3.05) is 50.8 Å². The van der Waals surface area contributed by atoms with E-state index in [2.05, 4.69) is 22.0 Å². The highest BCUT2D eigenvalue weighted by molar-refractivity contribution is 7.99. The summed E-state index contributed by atoms with van der Waals surface area (Å²) in [6.07, 6.45) is 0.871. The lowest BCUT2D eigenvalue weighted by molar-refractivity contribution is 0.278. The maximum atomic E-state index is 8.56. The Morgan fingerprint density at radius 1 is 1.23 bits per heavy atom. The molecule has 0 unspecified atom stereocenters. The molecule has 1 saturated heterocycles. The highest BCUT2D eigenvalue weighted by atomic mass is 32.2. The van der Waals surface area contributed by atoms with Crippen LogP contribution in [0.2, 0.25) is 0 Å². The molecule has 0 saturated carbocycles. The second-order valence-corrected chi connectivity index (χ2v) is 4.51. The molecular formula is C9H20N2OS. The zero-order valence-electron chi connectivity index (χ0n) is 8.17. The predicted octanol–water partition coefficient (Wildman–Crippen LogP) is 0.00720. The molecule has 1 aliphatic heterocycles. The molecule has 0 radical (unpaired) electrons. The van der Waals surface area contributed by atoms with E-state index in [9.17, 15) is 0 Å². The van der Waals surface area contributed by atoms with E-state index < -0.39 is 0 Å². The normalized spacial score (nSPS) is 19.2. The lowest BCUT2D eigenvalue weighted by atomic mass is 10.4. The third-order valence-corrected chi connectivity index (χ3v) is 3.16. The highest BCUT2D eigenvalue weighted by Crippen LogP contribution is 2.07. The van der Waals surface area contributed by atoms with Gasteiger partial charge in [0.2, 0.25) is 0 Å². The number of aliphatic hydroxyl groups excluding tert-OH is 1. The van der Waals surface area contributed by atoms with E-state index in [0.717, 1.165) is 26.1 Å². The number of nitrogens with one attached hydrogen (secondary N) is 1. The Morgan fingerprint density at radius 2 is 2.00 bits per heavy atom. The van der Waals surface area contributed by atoms with Crippen LogP contribution < -0.4 is 5.32 Å². The molecule has 1 rings (SSSR count). The van der Waals surface area contributed by atoms with Crippen molar-refractivity contribution < 1.29 is 5.11 Å². The summed E-state index contributed by atoms with van der Waals surface area (Å²) in [5, 5.41) is 11.9. The largest absolute Gasteiger partial charge is 0.396 e. The van der Waals surface area contributed by atoms with Gasteiger partial charge in [0.15, 0.2) is 0 Å². The lowest BCUT2D eigenvalue weighted by Gasteiger charge is -2.26. The molecule has 0 aliphatic carbocycles. The third kappa shape index (κ3) is 5.52. The van der Waals surface area contributed by atoms with E-state index in [-0.39, 0.29) is 0 Å². The smallest absolute Gasteiger partial charge is 0.0443 e. The average molecular weight is 204 g/mol. The molecule has 0 aromatic rings. The van der Waals surface area contributed by atoms with E-state index in [4.69, 9.17) is 5.11 Å². The van der Waals surface area contributed by atoms with Crippen LogP contribution in [0, 0.1) is 0 Å². The molecule has 1 fully saturated rings. The highest BCUT2D eigenvalue weighted by Gasteiger charge is 2.08. The molecule has 0 aromatic carbocycles. The summed E-state index contributed by atoms with van der Waals surface area (Å²) in [4.78, 5) is 2.50. The third-order valence-electron chi connectivity index (χ3n) is 2.22. The number of rotatable bonds is 6. The standard InChI is InChI=1S/C9H20N2OS/c12-7-1-2-10-3-4-11-5-8-13-9-6-11/h10,12H,1-9H2. The Bertz CT molecular complexity index is 118. The molecule has 0 spiro atoms. The van der Waals surface area contributed by atoms with E-state index in [1.54, 1.807) is 0 Å². The molecule has 0 bridgehead atoms. The first kappa shape index (κ1) is 11.3. The molecule has 1 aliphatic rings. The van der Waals surface area contributed by atoms with Gasteiger partial charge in [-0.05, 0) is 13.0 Å². The molecule has 3 nitrogen and oxygen atoms in total. The van der Waals surface area contributed by atoms with Crippen LogP contribution >= 0.6 is 11.8 Å². The molecule has 78 valence electrons. The van der Waals surface area contributed by atoms with Crippen molar-refractivity contribution in [1.82, 2.24) is 10.2 Å². The van der Waals surface area contributed by atoms with Crippen molar-refractivity contribution in [2.24, 2.45) is 0 Å². The van der Waals surface area contributed by atoms with E-state index in [1.807, 2.05) is 0 Å². The first-order chi connectivity index (χ1) is 6.43. The van der Waals surface area contributed by atoms with Gasteiger partial charge in [0, 0.05) is 44.3 Å². The van der Waals surface area contributed by atoms with Gasteiger partial charge in [-0.2, -0.15) is 11.8 Å². The minimum Gasteiger partial charge on any atom is -0.396 e. The molecule has 0 aromatic heterocycles. The van der Waals surface area contributed by atoms with Gasteiger partial charge >= 0.3 is 0 Å². The van der Waals surface area contributed by atoms with E-state index in [0.29, 0.717) is 6.61 Å². The first-order valence-corrected chi connectivity index (χ1v) is 6.20. The van der Waals surface area contributed by atoms with Crippen LogP contribution in [-0.2, 0) is 0 Å². The topological polar surface area (TPSA) is 35.5 Å². The molecule has 0 atom stereocenters. The van der Waals surface area contributed by atoms with Crippen LogP contribution in [0.5, 0.6) is 0 Å². The van der Waals surface area contributed by atoms with Gasteiger partial charge in [-0.1, -0.05) is 0 Å². The minimum atomic E-state index is 0.299. The van der Waals surface area contributed by atoms with Crippen LogP contribution in [0.4, 0.5) is 0 Å². The van der Waals surface area contributed by atoms with Crippen molar-refractivity contribution in [2.45, 2.75) is 6.42 Å².